The molecule has 2 aromatic heterocycles. The van der Waals surface area contributed by atoms with Gasteiger partial charge in [0.1, 0.15) is 11.3 Å². The monoisotopic (exact) mass is 467 g/mol. The van der Waals surface area contributed by atoms with E-state index in [4.69, 9.17) is 24.7 Å². The van der Waals surface area contributed by atoms with Gasteiger partial charge in [0.25, 0.3) is 0 Å². The lowest BCUT2D eigenvalue weighted by molar-refractivity contribution is 0.474. The van der Waals surface area contributed by atoms with Crippen LogP contribution in [0.5, 0.6) is 11.5 Å². The Morgan fingerprint density at radius 1 is 0.611 bits per heavy atom. The molecule has 0 saturated carbocycles. The van der Waals surface area contributed by atoms with Crippen molar-refractivity contribution in [3.05, 3.63) is 103 Å². The lowest BCUT2D eigenvalue weighted by Gasteiger charge is -2.21. The highest BCUT2D eigenvalue weighted by atomic mass is 16.5. The maximum atomic E-state index is 6.37. The van der Waals surface area contributed by atoms with Gasteiger partial charge in [0, 0.05) is 23.1 Å². The number of ether oxygens (including phenoxy) is 1. The van der Waals surface area contributed by atoms with Gasteiger partial charge in [0.05, 0.1) is 11.2 Å². The Labute approximate surface area is 207 Å². The van der Waals surface area contributed by atoms with Gasteiger partial charge in [0.2, 0.25) is 0 Å². The Kier molecular flexibility index (Phi) is 4.64. The minimum absolute atomic E-state index is 0.597. The zero-order chi connectivity index (χ0) is 24.1. The Balaban J connectivity index is 1.41. The molecule has 3 heterocycles. The highest BCUT2D eigenvalue weighted by Crippen LogP contribution is 2.42. The SMILES string of the molecule is CCc1nc2cccc3c2n1-c1ccc(-c2nc(-c4ccccc4)nc(-c4ccccc4)n2)cc1O3. The molecule has 0 saturated heterocycles. The van der Waals surface area contributed by atoms with Gasteiger partial charge in [-0.2, -0.15) is 0 Å². The predicted octanol–water partition coefficient (Wildman–Crippen LogP) is 6.88. The van der Waals surface area contributed by atoms with Crippen LogP contribution < -0.4 is 4.74 Å². The Bertz CT molecular complexity index is 1690. The van der Waals surface area contributed by atoms with Gasteiger partial charge in [-0.15, -0.1) is 0 Å². The lowest BCUT2D eigenvalue weighted by Crippen LogP contribution is -2.07. The van der Waals surface area contributed by atoms with Crippen molar-refractivity contribution in [3.63, 3.8) is 0 Å². The molecule has 0 radical (unpaired) electrons. The molecule has 0 N–H and O–H groups in total. The van der Waals surface area contributed by atoms with Crippen LogP contribution in [0.15, 0.2) is 97.1 Å². The highest BCUT2D eigenvalue weighted by molar-refractivity contribution is 5.87. The van der Waals surface area contributed by atoms with Crippen molar-refractivity contribution in [3.8, 4) is 51.3 Å². The van der Waals surface area contributed by atoms with Crippen LogP contribution in [0.2, 0.25) is 0 Å². The molecule has 0 bridgehead atoms. The molecule has 172 valence electrons. The van der Waals surface area contributed by atoms with Gasteiger partial charge in [0.15, 0.2) is 29.0 Å². The number of nitrogens with zero attached hydrogens (tertiary/aromatic N) is 5. The molecule has 0 fully saturated rings. The number of hydrogen-bond donors (Lipinski definition) is 0. The van der Waals surface area contributed by atoms with Crippen LogP contribution in [0, 0.1) is 0 Å². The minimum atomic E-state index is 0.597. The fourth-order valence-electron chi connectivity index (χ4n) is 4.70. The van der Waals surface area contributed by atoms with E-state index >= 15 is 0 Å². The second kappa shape index (κ2) is 8.13. The normalized spacial score (nSPS) is 11.8. The summed E-state index contributed by atoms with van der Waals surface area (Å²) in [6.07, 6.45) is 0.823. The summed E-state index contributed by atoms with van der Waals surface area (Å²) >= 11 is 0. The summed E-state index contributed by atoms with van der Waals surface area (Å²) in [6.45, 7) is 2.12. The second-order valence-electron chi connectivity index (χ2n) is 8.66. The molecule has 7 rings (SSSR count). The van der Waals surface area contributed by atoms with E-state index < -0.39 is 0 Å². The van der Waals surface area contributed by atoms with Crippen LogP contribution >= 0.6 is 0 Å². The second-order valence-corrected chi connectivity index (χ2v) is 8.66. The summed E-state index contributed by atoms with van der Waals surface area (Å²) in [4.78, 5) is 19.3. The largest absolute Gasteiger partial charge is 0.453 e. The quantitative estimate of drug-likeness (QED) is 0.282. The van der Waals surface area contributed by atoms with Crippen molar-refractivity contribution < 1.29 is 4.74 Å². The number of hydrogen-bond acceptors (Lipinski definition) is 5. The van der Waals surface area contributed by atoms with E-state index in [1.165, 1.54) is 0 Å². The standard InChI is InChI=1S/C30H21N5O/c1-2-26-31-22-14-9-15-24-27(22)35(26)23-17-16-21(18-25(23)36-24)30-33-28(19-10-5-3-6-11-19)32-29(34-30)20-12-7-4-8-13-20/h3-18H,2H2,1H3. The van der Waals surface area contributed by atoms with Crippen molar-refractivity contribution in [1.29, 1.82) is 0 Å². The number of aryl methyl sites for hydroxylation is 1. The summed E-state index contributed by atoms with van der Waals surface area (Å²) in [5.41, 5.74) is 5.66. The highest BCUT2D eigenvalue weighted by Gasteiger charge is 2.24. The average Bonchev–Trinajstić information content (AvgIpc) is 3.34. The van der Waals surface area contributed by atoms with Gasteiger partial charge in [-0.05, 0) is 30.3 Å². The van der Waals surface area contributed by atoms with Crippen LogP contribution in [0.3, 0.4) is 0 Å². The zero-order valence-electron chi connectivity index (χ0n) is 19.6. The summed E-state index contributed by atoms with van der Waals surface area (Å²) in [6, 6.07) is 32.1. The fourth-order valence-corrected chi connectivity index (χ4v) is 4.70. The summed E-state index contributed by atoms with van der Waals surface area (Å²) in [7, 11) is 0. The predicted molar refractivity (Wildman–Crippen MR) is 140 cm³/mol. The average molecular weight is 468 g/mol. The third kappa shape index (κ3) is 3.26. The molecule has 0 atom stereocenters. The number of para-hydroxylation sites is 1. The molecular weight excluding hydrogens is 446 g/mol. The minimum Gasteiger partial charge on any atom is -0.453 e. The first-order chi connectivity index (χ1) is 17.8. The fraction of sp³-hybridized carbons (Fsp3) is 0.0667. The lowest BCUT2D eigenvalue weighted by atomic mass is 10.1. The van der Waals surface area contributed by atoms with Crippen molar-refractivity contribution in [1.82, 2.24) is 24.5 Å². The van der Waals surface area contributed by atoms with E-state index in [2.05, 4.69) is 17.6 Å². The molecule has 0 amide bonds. The maximum absolute atomic E-state index is 6.37. The molecule has 6 heteroatoms. The number of rotatable bonds is 4. The van der Waals surface area contributed by atoms with Crippen molar-refractivity contribution >= 4 is 11.0 Å². The molecule has 1 aliphatic heterocycles. The van der Waals surface area contributed by atoms with Crippen LogP contribution in [0.1, 0.15) is 12.7 Å². The Hall–Kier alpha value is -4.84. The number of fused-ring (bicyclic) bond motifs is 2. The van der Waals surface area contributed by atoms with Crippen molar-refractivity contribution in [2.45, 2.75) is 13.3 Å². The van der Waals surface area contributed by atoms with E-state index in [0.717, 1.165) is 57.2 Å². The summed E-state index contributed by atoms with van der Waals surface area (Å²) in [5.74, 6) is 4.42. The van der Waals surface area contributed by atoms with E-state index in [9.17, 15) is 0 Å². The molecule has 0 spiro atoms. The van der Waals surface area contributed by atoms with Crippen LogP contribution in [0.4, 0.5) is 0 Å². The van der Waals surface area contributed by atoms with Crippen LogP contribution in [-0.2, 0) is 6.42 Å². The summed E-state index contributed by atoms with van der Waals surface area (Å²) < 4.78 is 8.57. The smallest absolute Gasteiger partial charge is 0.164 e. The van der Waals surface area contributed by atoms with Gasteiger partial charge in [-0.3, -0.25) is 4.57 Å². The van der Waals surface area contributed by atoms with E-state index in [0.29, 0.717) is 17.5 Å². The molecule has 6 nitrogen and oxygen atoms in total. The number of aromatic nitrogens is 5. The van der Waals surface area contributed by atoms with Crippen molar-refractivity contribution in [2.24, 2.45) is 0 Å². The Morgan fingerprint density at radius 2 is 1.25 bits per heavy atom. The molecule has 0 aliphatic carbocycles. The molecule has 6 aromatic rings. The van der Waals surface area contributed by atoms with Gasteiger partial charge < -0.3 is 4.74 Å². The number of benzene rings is 4. The maximum Gasteiger partial charge on any atom is 0.164 e. The molecule has 1 aliphatic rings. The van der Waals surface area contributed by atoms with Gasteiger partial charge >= 0.3 is 0 Å². The molecule has 4 aromatic carbocycles. The van der Waals surface area contributed by atoms with Crippen molar-refractivity contribution in [2.75, 3.05) is 0 Å². The first-order valence-electron chi connectivity index (χ1n) is 12.0. The van der Waals surface area contributed by atoms with E-state index in [-0.39, 0.29) is 0 Å². The van der Waals surface area contributed by atoms with Gasteiger partial charge in [-0.25, -0.2) is 19.9 Å². The van der Waals surface area contributed by atoms with Gasteiger partial charge in [-0.1, -0.05) is 73.7 Å². The van der Waals surface area contributed by atoms with E-state index in [1.807, 2.05) is 91.0 Å². The molecular formula is C30H21N5O. The van der Waals surface area contributed by atoms with E-state index in [1.54, 1.807) is 0 Å². The Morgan fingerprint density at radius 3 is 1.89 bits per heavy atom. The molecule has 0 unspecified atom stereocenters. The van der Waals surface area contributed by atoms with Crippen LogP contribution in [-0.4, -0.2) is 24.5 Å². The zero-order valence-corrected chi connectivity index (χ0v) is 19.6. The topological polar surface area (TPSA) is 65.7 Å². The number of imidazole rings is 1. The third-order valence-electron chi connectivity index (χ3n) is 6.40. The first kappa shape index (κ1) is 20.5. The summed E-state index contributed by atoms with van der Waals surface area (Å²) in [5, 5.41) is 0. The van der Waals surface area contributed by atoms with Crippen LogP contribution in [0.25, 0.3) is 50.9 Å². The molecule has 36 heavy (non-hydrogen) atoms. The third-order valence-corrected chi connectivity index (χ3v) is 6.40. The first-order valence-corrected chi connectivity index (χ1v) is 12.0.